The first kappa shape index (κ1) is 23.6. The van der Waals surface area contributed by atoms with Crippen LogP contribution in [0.25, 0.3) is 0 Å². The first-order valence-corrected chi connectivity index (χ1v) is 13.6. The summed E-state index contributed by atoms with van der Waals surface area (Å²) in [7, 11) is -3.58. The van der Waals surface area contributed by atoms with E-state index in [0.717, 1.165) is 18.7 Å². The Kier molecular flexibility index (Phi) is 6.62. The van der Waals surface area contributed by atoms with Gasteiger partial charge in [-0.15, -0.1) is 0 Å². The molecule has 3 aromatic rings. The minimum Gasteiger partial charge on any atom is -0.368 e. The maximum Gasteiger partial charge on any atom is 0.243 e. The van der Waals surface area contributed by atoms with E-state index in [0.29, 0.717) is 43.9 Å². The molecule has 5 rings (SSSR count). The number of amides is 1. The Morgan fingerprint density at radius 1 is 0.657 bits per heavy atom. The quantitative estimate of drug-likeness (QED) is 0.548. The van der Waals surface area contributed by atoms with Gasteiger partial charge in [-0.2, -0.15) is 4.31 Å². The SMILES string of the molecule is O=C(N1CCN(c2ccccc2)CC1)C1(c2ccccc2)CCN(S(=O)(=O)c2ccccc2)CC1. The van der Waals surface area contributed by atoms with Crippen molar-refractivity contribution in [1.29, 1.82) is 0 Å². The number of anilines is 1. The van der Waals surface area contributed by atoms with Gasteiger partial charge in [-0.3, -0.25) is 4.79 Å². The zero-order valence-electron chi connectivity index (χ0n) is 19.8. The summed E-state index contributed by atoms with van der Waals surface area (Å²) in [6, 6.07) is 28.7. The van der Waals surface area contributed by atoms with E-state index in [1.807, 2.05) is 59.5 Å². The van der Waals surface area contributed by atoms with Gasteiger partial charge in [0.2, 0.25) is 15.9 Å². The molecular weight excluding hydrogens is 458 g/mol. The van der Waals surface area contributed by atoms with Gasteiger partial charge in [-0.25, -0.2) is 8.42 Å². The summed E-state index contributed by atoms with van der Waals surface area (Å²) in [5, 5.41) is 0. The number of rotatable bonds is 5. The van der Waals surface area contributed by atoms with E-state index in [1.165, 1.54) is 9.99 Å². The molecule has 2 fully saturated rings. The molecule has 7 heteroatoms. The van der Waals surface area contributed by atoms with Crippen LogP contribution in [-0.4, -0.2) is 62.8 Å². The highest BCUT2D eigenvalue weighted by molar-refractivity contribution is 7.89. The zero-order valence-corrected chi connectivity index (χ0v) is 20.6. The number of piperazine rings is 1. The van der Waals surface area contributed by atoms with E-state index in [-0.39, 0.29) is 5.91 Å². The molecule has 1 amide bonds. The van der Waals surface area contributed by atoms with Crippen molar-refractivity contribution < 1.29 is 13.2 Å². The van der Waals surface area contributed by atoms with Gasteiger partial charge in [0.05, 0.1) is 10.3 Å². The molecule has 2 aliphatic heterocycles. The summed E-state index contributed by atoms with van der Waals surface area (Å²) in [5.41, 5.74) is 1.45. The smallest absolute Gasteiger partial charge is 0.243 e. The molecule has 2 aliphatic rings. The third kappa shape index (κ3) is 4.58. The van der Waals surface area contributed by atoms with Crippen molar-refractivity contribution in [2.24, 2.45) is 0 Å². The number of carbonyl (C=O) groups excluding carboxylic acids is 1. The molecule has 0 aromatic heterocycles. The summed E-state index contributed by atoms with van der Waals surface area (Å²) in [5.74, 6) is 0.119. The lowest BCUT2D eigenvalue weighted by molar-refractivity contribution is -0.139. The maximum atomic E-state index is 14.1. The molecule has 0 aliphatic carbocycles. The van der Waals surface area contributed by atoms with Crippen LogP contribution < -0.4 is 4.90 Å². The number of para-hydroxylation sites is 1. The molecule has 3 aromatic carbocycles. The van der Waals surface area contributed by atoms with Crippen molar-refractivity contribution >= 4 is 21.6 Å². The molecule has 0 atom stereocenters. The van der Waals surface area contributed by atoms with Crippen LogP contribution in [0.3, 0.4) is 0 Å². The van der Waals surface area contributed by atoms with Gasteiger partial charge in [-0.05, 0) is 42.7 Å². The zero-order chi connectivity index (χ0) is 24.3. The van der Waals surface area contributed by atoms with Gasteiger partial charge in [0.1, 0.15) is 0 Å². The third-order valence-corrected chi connectivity index (χ3v) is 9.29. The second-order valence-corrected chi connectivity index (χ2v) is 11.2. The van der Waals surface area contributed by atoms with Gasteiger partial charge in [-0.1, -0.05) is 66.7 Å². The first-order valence-electron chi connectivity index (χ1n) is 12.2. The van der Waals surface area contributed by atoms with E-state index in [9.17, 15) is 13.2 Å². The standard InChI is InChI=1S/C28H31N3O3S/c32-27(30-22-20-29(21-23-30)25-12-6-2-7-13-25)28(24-10-4-1-5-11-24)16-18-31(19-17-28)35(33,34)26-14-8-3-9-15-26/h1-15H,16-23H2. The van der Waals surface area contributed by atoms with Crippen molar-refractivity contribution in [2.45, 2.75) is 23.2 Å². The summed E-state index contributed by atoms with van der Waals surface area (Å²) < 4.78 is 27.9. The Morgan fingerprint density at radius 2 is 1.17 bits per heavy atom. The van der Waals surface area contributed by atoms with E-state index in [1.54, 1.807) is 24.3 Å². The molecule has 6 nitrogen and oxygen atoms in total. The van der Waals surface area contributed by atoms with Crippen LogP contribution in [0.1, 0.15) is 18.4 Å². The van der Waals surface area contributed by atoms with Gasteiger partial charge in [0, 0.05) is 45.0 Å². The van der Waals surface area contributed by atoms with Gasteiger partial charge in [0.25, 0.3) is 0 Å². The Morgan fingerprint density at radius 3 is 1.74 bits per heavy atom. The van der Waals surface area contributed by atoms with Gasteiger partial charge >= 0.3 is 0 Å². The van der Waals surface area contributed by atoms with Crippen LogP contribution in [0.5, 0.6) is 0 Å². The minimum atomic E-state index is -3.58. The number of piperidine rings is 1. The second-order valence-electron chi connectivity index (χ2n) is 9.28. The Labute approximate surface area is 207 Å². The highest BCUT2D eigenvalue weighted by Gasteiger charge is 2.47. The van der Waals surface area contributed by atoms with Crippen LogP contribution in [-0.2, 0) is 20.2 Å². The molecule has 0 spiro atoms. The number of carbonyl (C=O) groups is 1. The number of nitrogens with zero attached hydrogens (tertiary/aromatic N) is 3. The first-order chi connectivity index (χ1) is 17.0. The fourth-order valence-corrected chi connectivity index (χ4v) is 6.80. The van der Waals surface area contributed by atoms with Crippen molar-refractivity contribution in [3.8, 4) is 0 Å². The monoisotopic (exact) mass is 489 g/mol. The van der Waals surface area contributed by atoms with Crippen molar-refractivity contribution in [3.63, 3.8) is 0 Å². The lowest BCUT2D eigenvalue weighted by atomic mass is 9.72. The van der Waals surface area contributed by atoms with Gasteiger partial charge in [0.15, 0.2) is 0 Å². The summed E-state index contributed by atoms with van der Waals surface area (Å²) in [6.45, 7) is 3.54. The summed E-state index contributed by atoms with van der Waals surface area (Å²) in [4.78, 5) is 18.7. The highest BCUT2D eigenvalue weighted by atomic mass is 32.2. The van der Waals surface area contributed by atoms with E-state index in [2.05, 4.69) is 17.0 Å². The normalized spacial score (nSPS) is 18.9. The predicted molar refractivity (Wildman–Crippen MR) is 138 cm³/mol. The Bertz CT molecular complexity index is 1230. The Hall–Kier alpha value is -3.16. The van der Waals surface area contributed by atoms with Crippen LogP contribution in [0.4, 0.5) is 5.69 Å². The van der Waals surface area contributed by atoms with E-state index in [4.69, 9.17) is 0 Å². The number of benzene rings is 3. The van der Waals surface area contributed by atoms with Crippen LogP contribution in [0, 0.1) is 0 Å². The molecule has 2 heterocycles. The number of hydrogen-bond donors (Lipinski definition) is 0. The fraction of sp³-hybridized carbons (Fsp3) is 0.321. The molecule has 0 bridgehead atoms. The summed E-state index contributed by atoms with van der Waals surface area (Å²) >= 11 is 0. The van der Waals surface area contributed by atoms with Crippen LogP contribution >= 0.6 is 0 Å². The van der Waals surface area contributed by atoms with E-state index < -0.39 is 15.4 Å². The number of hydrogen-bond acceptors (Lipinski definition) is 4. The minimum absolute atomic E-state index is 0.119. The largest absolute Gasteiger partial charge is 0.368 e. The average molecular weight is 490 g/mol. The molecule has 0 N–H and O–H groups in total. The lowest BCUT2D eigenvalue weighted by Gasteiger charge is -2.45. The molecule has 0 unspecified atom stereocenters. The van der Waals surface area contributed by atoms with Crippen LogP contribution in [0.2, 0.25) is 0 Å². The Balaban J connectivity index is 1.35. The van der Waals surface area contributed by atoms with Crippen molar-refractivity contribution in [3.05, 3.63) is 96.6 Å². The molecule has 35 heavy (non-hydrogen) atoms. The third-order valence-electron chi connectivity index (χ3n) is 7.38. The topological polar surface area (TPSA) is 60.9 Å². The maximum absolute atomic E-state index is 14.1. The molecular formula is C28H31N3O3S. The fourth-order valence-electron chi connectivity index (χ4n) is 5.34. The molecule has 0 saturated carbocycles. The molecule has 0 radical (unpaired) electrons. The summed E-state index contributed by atoms with van der Waals surface area (Å²) in [6.07, 6.45) is 0.946. The average Bonchev–Trinajstić information content (AvgIpc) is 2.94. The molecule has 182 valence electrons. The highest BCUT2D eigenvalue weighted by Crippen LogP contribution is 2.39. The second kappa shape index (κ2) is 9.84. The van der Waals surface area contributed by atoms with Crippen molar-refractivity contribution in [2.75, 3.05) is 44.2 Å². The molecule has 2 saturated heterocycles. The number of sulfonamides is 1. The lowest BCUT2D eigenvalue weighted by Crippen LogP contribution is -2.57. The van der Waals surface area contributed by atoms with Gasteiger partial charge < -0.3 is 9.80 Å². The van der Waals surface area contributed by atoms with Crippen LogP contribution in [0.15, 0.2) is 95.9 Å². The van der Waals surface area contributed by atoms with E-state index >= 15 is 0 Å². The van der Waals surface area contributed by atoms with Crippen molar-refractivity contribution in [1.82, 2.24) is 9.21 Å². The predicted octanol–water partition coefficient (Wildman–Crippen LogP) is 3.76.